The van der Waals surface area contributed by atoms with Gasteiger partial charge in [0.1, 0.15) is 5.52 Å². The normalized spacial score (nSPS) is 11.2. The summed E-state index contributed by atoms with van der Waals surface area (Å²) in [5, 5.41) is 4.42. The molecule has 86 valence electrons. The van der Waals surface area contributed by atoms with Crippen LogP contribution in [0, 0.1) is 0 Å². The second-order valence-electron chi connectivity index (χ2n) is 3.88. The minimum Gasteiger partial charge on any atom is -0.443 e. The molecule has 0 aliphatic carbocycles. The van der Waals surface area contributed by atoms with Crippen LogP contribution in [-0.4, -0.2) is 14.8 Å². The molecule has 0 saturated heterocycles. The van der Waals surface area contributed by atoms with Crippen molar-refractivity contribution in [2.24, 2.45) is 12.8 Å². The fourth-order valence-electron chi connectivity index (χ4n) is 1.85. The van der Waals surface area contributed by atoms with E-state index in [2.05, 4.69) is 10.1 Å². The van der Waals surface area contributed by atoms with Gasteiger partial charge in [0.2, 0.25) is 0 Å². The molecule has 5 heteroatoms. The summed E-state index contributed by atoms with van der Waals surface area (Å²) in [7, 11) is 1.89. The molecule has 0 aliphatic rings. The fourth-order valence-corrected chi connectivity index (χ4v) is 1.85. The number of aryl methyl sites for hydroxylation is 1. The summed E-state index contributed by atoms with van der Waals surface area (Å²) in [6, 6.07) is 7.82. The minimum atomic E-state index is 0.480. The van der Waals surface area contributed by atoms with Gasteiger partial charge in [0, 0.05) is 19.2 Å². The standard InChI is InChI=1S/C12H12N4O/c1-16-9(6-13)5-11(15-16)8-2-3-10-12(4-8)17-7-14-10/h2-5,7H,6,13H2,1H3. The van der Waals surface area contributed by atoms with Crippen molar-refractivity contribution >= 4 is 11.1 Å². The van der Waals surface area contributed by atoms with Crippen molar-refractivity contribution in [1.82, 2.24) is 14.8 Å². The van der Waals surface area contributed by atoms with Crippen molar-refractivity contribution in [2.45, 2.75) is 6.54 Å². The monoisotopic (exact) mass is 228 g/mol. The molecule has 17 heavy (non-hydrogen) atoms. The van der Waals surface area contributed by atoms with Crippen LogP contribution in [0.25, 0.3) is 22.4 Å². The molecule has 0 atom stereocenters. The number of hydrogen-bond acceptors (Lipinski definition) is 4. The quantitative estimate of drug-likeness (QED) is 0.724. The maximum absolute atomic E-state index is 5.63. The number of fused-ring (bicyclic) bond motifs is 1. The maximum atomic E-state index is 5.63. The van der Waals surface area contributed by atoms with Gasteiger partial charge in [0.25, 0.3) is 0 Å². The van der Waals surface area contributed by atoms with Crippen molar-refractivity contribution in [2.75, 3.05) is 0 Å². The van der Waals surface area contributed by atoms with Crippen LogP contribution >= 0.6 is 0 Å². The summed E-state index contributed by atoms with van der Waals surface area (Å²) in [5.41, 5.74) is 10.1. The van der Waals surface area contributed by atoms with E-state index in [9.17, 15) is 0 Å². The van der Waals surface area contributed by atoms with E-state index in [0.29, 0.717) is 6.54 Å². The summed E-state index contributed by atoms with van der Waals surface area (Å²) in [6.45, 7) is 0.480. The molecule has 3 rings (SSSR count). The zero-order valence-corrected chi connectivity index (χ0v) is 9.42. The number of rotatable bonds is 2. The number of aromatic nitrogens is 3. The third-order valence-corrected chi connectivity index (χ3v) is 2.81. The number of oxazole rings is 1. The van der Waals surface area contributed by atoms with Gasteiger partial charge in [-0.05, 0) is 18.2 Å². The molecule has 2 aromatic heterocycles. The summed E-state index contributed by atoms with van der Waals surface area (Å²) >= 11 is 0. The molecule has 0 fully saturated rings. The van der Waals surface area contributed by atoms with Crippen molar-refractivity contribution in [3.8, 4) is 11.3 Å². The van der Waals surface area contributed by atoms with Gasteiger partial charge >= 0.3 is 0 Å². The second kappa shape index (κ2) is 3.71. The van der Waals surface area contributed by atoms with Crippen LogP contribution in [0.4, 0.5) is 0 Å². The lowest BCUT2D eigenvalue weighted by Gasteiger charge is -1.95. The van der Waals surface area contributed by atoms with Crippen LogP contribution in [0.5, 0.6) is 0 Å². The molecule has 2 heterocycles. The third-order valence-electron chi connectivity index (χ3n) is 2.81. The van der Waals surface area contributed by atoms with Crippen LogP contribution in [0.1, 0.15) is 5.69 Å². The van der Waals surface area contributed by atoms with E-state index < -0.39 is 0 Å². The zero-order valence-electron chi connectivity index (χ0n) is 9.42. The lowest BCUT2D eigenvalue weighted by molar-refractivity contribution is 0.602. The molecule has 2 N–H and O–H groups in total. The van der Waals surface area contributed by atoms with Crippen molar-refractivity contribution in [3.05, 3.63) is 36.4 Å². The first kappa shape index (κ1) is 10.0. The van der Waals surface area contributed by atoms with Gasteiger partial charge in [-0.1, -0.05) is 6.07 Å². The Morgan fingerprint density at radius 1 is 1.35 bits per heavy atom. The number of benzene rings is 1. The molecule has 0 aliphatic heterocycles. The van der Waals surface area contributed by atoms with E-state index in [0.717, 1.165) is 28.1 Å². The second-order valence-corrected chi connectivity index (χ2v) is 3.88. The Morgan fingerprint density at radius 3 is 3.00 bits per heavy atom. The molecule has 0 bridgehead atoms. The molecule has 0 radical (unpaired) electrons. The highest BCUT2D eigenvalue weighted by atomic mass is 16.3. The highest BCUT2D eigenvalue weighted by molar-refractivity contribution is 5.78. The number of nitrogens with zero attached hydrogens (tertiary/aromatic N) is 3. The van der Waals surface area contributed by atoms with Crippen LogP contribution < -0.4 is 5.73 Å². The molecule has 0 spiro atoms. The molecular formula is C12H12N4O. The summed E-state index contributed by atoms with van der Waals surface area (Å²) < 4.78 is 7.06. The average Bonchev–Trinajstić information content (AvgIpc) is 2.93. The van der Waals surface area contributed by atoms with Crippen LogP contribution in [-0.2, 0) is 13.6 Å². The van der Waals surface area contributed by atoms with E-state index >= 15 is 0 Å². The SMILES string of the molecule is Cn1nc(-c2ccc3ncoc3c2)cc1CN. The molecule has 0 amide bonds. The molecular weight excluding hydrogens is 216 g/mol. The zero-order chi connectivity index (χ0) is 11.8. The molecule has 3 aromatic rings. The Bertz CT molecular complexity index is 668. The van der Waals surface area contributed by atoms with E-state index in [1.807, 2.05) is 31.3 Å². The summed E-state index contributed by atoms with van der Waals surface area (Å²) in [4.78, 5) is 4.08. The van der Waals surface area contributed by atoms with Crippen molar-refractivity contribution in [1.29, 1.82) is 0 Å². The smallest absolute Gasteiger partial charge is 0.181 e. The minimum absolute atomic E-state index is 0.480. The van der Waals surface area contributed by atoms with Gasteiger partial charge < -0.3 is 10.2 Å². The third kappa shape index (κ3) is 1.60. The van der Waals surface area contributed by atoms with E-state index in [4.69, 9.17) is 10.2 Å². The average molecular weight is 228 g/mol. The Balaban J connectivity index is 2.12. The van der Waals surface area contributed by atoms with Crippen LogP contribution in [0.2, 0.25) is 0 Å². The summed E-state index contributed by atoms with van der Waals surface area (Å²) in [6.07, 6.45) is 1.44. The van der Waals surface area contributed by atoms with Crippen LogP contribution in [0.3, 0.4) is 0 Å². The largest absolute Gasteiger partial charge is 0.443 e. The van der Waals surface area contributed by atoms with E-state index in [1.165, 1.54) is 6.39 Å². The summed E-state index contributed by atoms with van der Waals surface area (Å²) in [5.74, 6) is 0. The number of hydrogen-bond donors (Lipinski definition) is 1. The van der Waals surface area contributed by atoms with Gasteiger partial charge in [-0.3, -0.25) is 4.68 Å². The first-order chi connectivity index (χ1) is 8.28. The van der Waals surface area contributed by atoms with Gasteiger partial charge in [-0.25, -0.2) is 4.98 Å². The topological polar surface area (TPSA) is 69.9 Å². The number of nitrogens with two attached hydrogens (primary N) is 1. The Kier molecular flexibility index (Phi) is 2.19. The molecule has 5 nitrogen and oxygen atoms in total. The predicted molar refractivity (Wildman–Crippen MR) is 64.1 cm³/mol. The maximum Gasteiger partial charge on any atom is 0.181 e. The molecule has 1 aromatic carbocycles. The Morgan fingerprint density at radius 2 is 2.24 bits per heavy atom. The predicted octanol–water partition coefficient (Wildman–Crippen LogP) is 1.69. The Labute approximate surface area is 97.9 Å². The first-order valence-electron chi connectivity index (χ1n) is 5.34. The Hall–Kier alpha value is -2.14. The van der Waals surface area contributed by atoms with Crippen LogP contribution in [0.15, 0.2) is 35.1 Å². The van der Waals surface area contributed by atoms with Gasteiger partial charge in [0.05, 0.1) is 11.4 Å². The fraction of sp³-hybridized carbons (Fsp3) is 0.167. The van der Waals surface area contributed by atoms with Gasteiger partial charge in [-0.2, -0.15) is 5.10 Å². The molecule has 0 saturated carbocycles. The first-order valence-corrected chi connectivity index (χ1v) is 5.34. The van der Waals surface area contributed by atoms with Gasteiger partial charge in [-0.15, -0.1) is 0 Å². The van der Waals surface area contributed by atoms with Crippen molar-refractivity contribution in [3.63, 3.8) is 0 Å². The van der Waals surface area contributed by atoms with E-state index in [1.54, 1.807) is 4.68 Å². The highest BCUT2D eigenvalue weighted by Gasteiger charge is 2.08. The lowest BCUT2D eigenvalue weighted by atomic mass is 10.1. The van der Waals surface area contributed by atoms with E-state index in [-0.39, 0.29) is 0 Å². The van der Waals surface area contributed by atoms with Crippen molar-refractivity contribution < 1.29 is 4.42 Å². The molecule has 0 unspecified atom stereocenters. The van der Waals surface area contributed by atoms with Gasteiger partial charge in [0.15, 0.2) is 12.0 Å². The lowest BCUT2D eigenvalue weighted by Crippen LogP contribution is -2.03. The highest BCUT2D eigenvalue weighted by Crippen LogP contribution is 2.23.